The number of hydrogen-bond acceptors (Lipinski definition) is 3. The van der Waals surface area contributed by atoms with Gasteiger partial charge < -0.3 is 10.2 Å². The van der Waals surface area contributed by atoms with Crippen molar-refractivity contribution in [3.8, 4) is 23.7 Å². The summed E-state index contributed by atoms with van der Waals surface area (Å²) < 4.78 is 39.2. The maximum Gasteiger partial charge on any atom is 0.417 e. The zero-order valence-electron chi connectivity index (χ0n) is 13.3. The molecule has 4 nitrogen and oxygen atoms in total. The van der Waals surface area contributed by atoms with Gasteiger partial charge in [-0.25, -0.2) is 4.79 Å². The van der Waals surface area contributed by atoms with Crippen molar-refractivity contribution in [3.05, 3.63) is 64.2 Å². The lowest BCUT2D eigenvalue weighted by Crippen LogP contribution is -2.07. The first-order chi connectivity index (χ1) is 12.2. The molecule has 2 aromatic rings. The van der Waals surface area contributed by atoms with E-state index in [4.69, 9.17) is 10.4 Å². The number of aromatic carboxylic acids is 1. The lowest BCUT2D eigenvalue weighted by molar-refractivity contribution is -0.137. The van der Waals surface area contributed by atoms with E-state index in [1.54, 1.807) is 0 Å². The van der Waals surface area contributed by atoms with E-state index in [2.05, 4.69) is 11.8 Å². The Bertz CT molecular complexity index is 947. The van der Waals surface area contributed by atoms with E-state index >= 15 is 0 Å². The Hall–Kier alpha value is -3.45. The molecule has 0 fully saturated rings. The summed E-state index contributed by atoms with van der Waals surface area (Å²) >= 11 is 0. The SMILES string of the molecule is N#CCCc1cc(C(=O)O)ccc1C#Cc1ccc(O)cc1C(F)(F)F. The maximum absolute atomic E-state index is 13.1. The molecule has 0 amide bonds. The molecule has 0 aliphatic heterocycles. The number of benzene rings is 2. The summed E-state index contributed by atoms with van der Waals surface area (Å²) in [5.41, 5.74) is -0.573. The lowest BCUT2D eigenvalue weighted by atomic mass is 9.99. The van der Waals surface area contributed by atoms with Crippen molar-refractivity contribution in [3.63, 3.8) is 0 Å². The molecule has 0 radical (unpaired) electrons. The Labute approximate surface area is 147 Å². The number of carboxylic acid groups (broad SMARTS) is 1. The molecule has 0 aliphatic rings. The second-order valence-electron chi connectivity index (χ2n) is 5.31. The van der Waals surface area contributed by atoms with Gasteiger partial charge in [0.1, 0.15) is 5.75 Å². The highest BCUT2D eigenvalue weighted by Gasteiger charge is 2.33. The standard InChI is InChI=1S/C19H12F3NO3/c20-19(21,22)17-11-16(24)8-7-13(17)5-3-12-4-6-15(18(25)26)10-14(12)2-1-9-23/h4,6-8,10-11,24H,1-2H2,(H,25,26). The molecule has 26 heavy (non-hydrogen) atoms. The van der Waals surface area contributed by atoms with Crippen LogP contribution in [0.5, 0.6) is 5.75 Å². The summed E-state index contributed by atoms with van der Waals surface area (Å²) in [4.78, 5) is 11.1. The van der Waals surface area contributed by atoms with Gasteiger partial charge in [-0.3, -0.25) is 0 Å². The summed E-state index contributed by atoms with van der Waals surface area (Å²) in [6.07, 6.45) is -4.34. The van der Waals surface area contributed by atoms with Crippen molar-refractivity contribution < 1.29 is 28.2 Å². The van der Waals surface area contributed by atoms with Crippen molar-refractivity contribution >= 4 is 5.97 Å². The Balaban J connectivity index is 2.50. The highest BCUT2D eigenvalue weighted by molar-refractivity contribution is 5.88. The summed E-state index contributed by atoms with van der Waals surface area (Å²) in [6.45, 7) is 0. The molecule has 0 aromatic heterocycles. The van der Waals surface area contributed by atoms with E-state index in [1.165, 1.54) is 18.2 Å². The number of rotatable bonds is 3. The van der Waals surface area contributed by atoms with E-state index in [0.717, 1.165) is 12.1 Å². The van der Waals surface area contributed by atoms with Crippen molar-refractivity contribution in [2.45, 2.75) is 19.0 Å². The first-order valence-electron chi connectivity index (χ1n) is 7.38. The van der Waals surface area contributed by atoms with Crippen molar-refractivity contribution in [1.82, 2.24) is 0 Å². The van der Waals surface area contributed by atoms with Crippen LogP contribution >= 0.6 is 0 Å². The van der Waals surface area contributed by atoms with Gasteiger partial charge >= 0.3 is 12.1 Å². The molecule has 2 aromatic carbocycles. The van der Waals surface area contributed by atoms with Crippen molar-refractivity contribution in [2.75, 3.05) is 0 Å². The fourth-order valence-electron chi connectivity index (χ4n) is 2.26. The van der Waals surface area contributed by atoms with E-state index in [1.807, 2.05) is 6.07 Å². The first kappa shape index (κ1) is 18.9. The van der Waals surface area contributed by atoms with Crippen LogP contribution in [-0.2, 0) is 12.6 Å². The second kappa shape index (κ2) is 7.62. The van der Waals surface area contributed by atoms with Crippen LogP contribution < -0.4 is 0 Å². The number of phenols is 1. The number of alkyl halides is 3. The molecule has 132 valence electrons. The van der Waals surface area contributed by atoms with Gasteiger partial charge in [0.2, 0.25) is 0 Å². The molecule has 0 bridgehead atoms. The van der Waals surface area contributed by atoms with Gasteiger partial charge in [0, 0.05) is 17.5 Å². The van der Waals surface area contributed by atoms with Crippen molar-refractivity contribution in [2.24, 2.45) is 0 Å². The Kier molecular flexibility index (Phi) is 5.54. The van der Waals surface area contributed by atoms with Crippen LogP contribution in [0.1, 0.15) is 39.0 Å². The summed E-state index contributed by atoms with van der Waals surface area (Å²) in [6, 6.07) is 8.73. The summed E-state index contributed by atoms with van der Waals surface area (Å²) in [5.74, 6) is 3.34. The van der Waals surface area contributed by atoms with Gasteiger partial charge in [-0.1, -0.05) is 11.8 Å². The minimum Gasteiger partial charge on any atom is -0.508 e. The molecule has 0 spiro atoms. The summed E-state index contributed by atoms with van der Waals surface area (Å²) in [7, 11) is 0. The second-order valence-corrected chi connectivity index (χ2v) is 5.31. The molecule has 2 rings (SSSR count). The Morgan fingerprint density at radius 1 is 1.08 bits per heavy atom. The van der Waals surface area contributed by atoms with E-state index in [0.29, 0.717) is 17.2 Å². The zero-order valence-corrected chi connectivity index (χ0v) is 13.3. The molecule has 0 saturated heterocycles. The first-order valence-corrected chi connectivity index (χ1v) is 7.38. The third kappa shape index (κ3) is 4.55. The molecule has 7 heteroatoms. The molecule has 0 unspecified atom stereocenters. The largest absolute Gasteiger partial charge is 0.508 e. The topological polar surface area (TPSA) is 81.3 Å². The van der Waals surface area contributed by atoms with Crippen LogP contribution in [0.2, 0.25) is 0 Å². The van der Waals surface area contributed by atoms with Crippen LogP contribution in [0.4, 0.5) is 13.2 Å². The molecular weight excluding hydrogens is 347 g/mol. The Morgan fingerprint density at radius 3 is 2.35 bits per heavy atom. The number of nitrogens with zero attached hydrogens (tertiary/aromatic N) is 1. The monoisotopic (exact) mass is 359 g/mol. The van der Waals surface area contributed by atoms with Crippen LogP contribution in [0.15, 0.2) is 36.4 Å². The molecule has 0 aliphatic carbocycles. The third-order valence-electron chi connectivity index (χ3n) is 3.50. The summed E-state index contributed by atoms with van der Waals surface area (Å²) in [5, 5.41) is 27.0. The highest BCUT2D eigenvalue weighted by atomic mass is 19.4. The van der Waals surface area contributed by atoms with Gasteiger partial charge in [-0.05, 0) is 48.4 Å². The number of carbonyl (C=O) groups is 1. The average molecular weight is 359 g/mol. The minimum atomic E-state index is -4.68. The molecule has 0 heterocycles. The van der Waals surface area contributed by atoms with E-state index in [9.17, 15) is 23.1 Å². The number of aromatic hydroxyl groups is 1. The van der Waals surface area contributed by atoms with Gasteiger partial charge in [-0.15, -0.1) is 0 Å². The predicted molar refractivity (Wildman–Crippen MR) is 86.4 cm³/mol. The van der Waals surface area contributed by atoms with Gasteiger partial charge in [-0.2, -0.15) is 18.4 Å². The van der Waals surface area contributed by atoms with E-state index in [-0.39, 0.29) is 24.0 Å². The van der Waals surface area contributed by atoms with E-state index < -0.39 is 23.5 Å². The van der Waals surface area contributed by atoms with Gasteiger partial charge in [0.15, 0.2) is 0 Å². The average Bonchev–Trinajstić information content (AvgIpc) is 2.58. The number of phenolic OH excluding ortho intramolecular Hbond substituents is 1. The van der Waals surface area contributed by atoms with Gasteiger partial charge in [0.25, 0.3) is 0 Å². The normalized spacial score (nSPS) is 10.5. The number of carboxylic acids is 1. The van der Waals surface area contributed by atoms with Crippen LogP contribution in [0.3, 0.4) is 0 Å². The minimum absolute atomic E-state index is 0.00380. The molecule has 0 atom stereocenters. The van der Waals surface area contributed by atoms with Crippen LogP contribution in [0, 0.1) is 23.2 Å². The number of hydrogen-bond donors (Lipinski definition) is 2. The number of aryl methyl sites for hydroxylation is 1. The lowest BCUT2D eigenvalue weighted by Gasteiger charge is -2.09. The van der Waals surface area contributed by atoms with Crippen LogP contribution in [0.25, 0.3) is 0 Å². The Morgan fingerprint density at radius 2 is 1.73 bits per heavy atom. The smallest absolute Gasteiger partial charge is 0.417 e. The number of nitriles is 1. The number of halogens is 3. The molecule has 0 saturated carbocycles. The predicted octanol–water partition coefficient (Wildman–Crippen LogP) is 3.97. The van der Waals surface area contributed by atoms with Gasteiger partial charge in [0.05, 0.1) is 17.2 Å². The zero-order chi connectivity index (χ0) is 19.3. The fourth-order valence-corrected chi connectivity index (χ4v) is 2.26. The highest BCUT2D eigenvalue weighted by Crippen LogP contribution is 2.33. The van der Waals surface area contributed by atoms with Crippen molar-refractivity contribution in [1.29, 1.82) is 5.26 Å². The molecule has 2 N–H and O–H groups in total. The molecular formula is C19H12F3NO3. The quantitative estimate of drug-likeness (QED) is 0.813. The third-order valence-corrected chi connectivity index (χ3v) is 3.50. The van der Waals surface area contributed by atoms with Crippen LogP contribution in [-0.4, -0.2) is 16.2 Å². The fraction of sp³-hybridized carbons (Fsp3) is 0.158. The maximum atomic E-state index is 13.1.